The van der Waals surface area contributed by atoms with Crippen LogP contribution < -0.4 is 0 Å². The molecular formula is C10H8F4O. The van der Waals surface area contributed by atoms with Crippen LogP contribution in [0.3, 0.4) is 0 Å². The van der Waals surface area contributed by atoms with E-state index >= 15 is 0 Å². The normalized spacial score (nSPS) is 11.5. The molecule has 0 N–H and O–H groups in total. The number of carbonyl (C=O) groups is 1. The van der Waals surface area contributed by atoms with Gasteiger partial charge in [0.25, 0.3) is 0 Å². The number of carbonyl (C=O) groups excluding carboxylic acids is 1. The van der Waals surface area contributed by atoms with Gasteiger partial charge in [-0.05, 0) is 24.6 Å². The molecule has 0 heterocycles. The zero-order chi connectivity index (χ0) is 11.6. The molecule has 0 aromatic heterocycles. The van der Waals surface area contributed by atoms with Gasteiger partial charge in [0.15, 0.2) is 0 Å². The Labute approximate surface area is 83.7 Å². The first-order valence-electron chi connectivity index (χ1n) is 4.16. The number of hydrogen-bond donors (Lipinski definition) is 0. The summed E-state index contributed by atoms with van der Waals surface area (Å²) in [6.45, 7) is 1.25. The number of hydrogen-bond acceptors (Lipinski definition) is 1. The molecule has 0 amide bonds. The number of Topliss-reactive ketones (excluding diaryl/α,β-unsaturated/α-hetero) is 1. The highest BCUT2D eigenvalue weighted by Gasteiger charge is 2.31. The minimum absolute atomic E-state index is 0.0181. The number of rotatable bonds is 2. The van der Waals surface area contributed by atoms with Crippen LogP contribution in [0.2, 0.25) is 0 Å². The van der Waals surface area contributed by atoms with Crippen LogP contribution in [0.5, 0.6) is 0 Å². The lowest BCUT2D eigenvalue weighted by atomic mass is 10.1. The van der Waals surface area contributed by atoms with Crippen LogP contribution in [0.25, 0.3) is 0 Å². The first-order valence-corrected chi connectivity index (χ1v) is 4.16. The molecule has 0 unspecified atom stereocenters. The molecule has 0 aliphatic heterocycles. The van der Waals surface area contributed by atoms with Crippen molar-refractivity contribution in [1.29, 1.82) is 0 Å². The van der Waals surface area contributed by atoms with Gasteiger partial charge in [-0.1, -0.05) is 6.07 Å². The molecular weight excluding hydrogens is 212 g/mol. The monoisotopic (exact) mass is 220 g/mol. The lowest BCUT2D eigenvalue weighted by Gasteiger charge is -2.08. The number of alkyl halides is 3. The van der Waals surface area contributed by atoms with E-state index in [9.17, 15) is 22.4 Å². The Balaban J connectivity index is 3.03. The molecule has 0 aliphatic rings. The summed E-state index contributed by atoms with van der Waals surface area (Å²) in [6, 6.07) is 2.15. The van der Waals surface area contributed by atoms with Crippen LogP contribution in [-0.2, 0) is 17.4 Å². The minimum Gasteiger partial charge on any atom is -0.300 e. The predicted molar refractivity (Wildman–Crippen MR) is 45.8 cm³/mol. The molecule has 0 aliphatic carbocycles. The molecule has 5 heteroatoms. The van der Waals surface area contributed by atoms with E-state index in [0.717, 1.165) is 12.1 Å². The third kappa shape index (κ3) is 3.04. The molecule has 0 atom stereocenters. The molecule has 0 spiro atoms. The van der Waals surface area contributed by atoms with Gasteiger partial charge in [-0.15, -0.1) is 0 Å². The maximum Gasteiger partial charge on any atom is 0.416 e. The molecule has 82 valence electrons. The smallest absolute Gasteiger partial charge is 0.300 e. The summed E-state index contributed by atoms with van der Waals surface area (Å²) in [5.41, 5.74) is -1.07. The van der Waals surface area contributed by atoms with Crippen LogP contribution in [0.15, 0.2) is 18.2 Å². The van der Waals surface area contributed by atoms with E-state index in [0.29, 0.717) is 6.07 Å². The fraction of sp³-hybridized carbons (Fsp3) is 0.300. The Kier molecular flexibility index (Phi) is 3.12. The van der Waals surface area contributed by atoms with Crippen LogP contribution in [0.4, 0.5) is 17.6 Å². The first-order chi connectivity index (χ1) is 6.80. The van der Waals surface area contributed by atoms with Crippen LogP contribution >= 0.6 is 0 Å². The highest BCUT2D eigenvalue weighted by Crippen LogP contribution is 2.30. The van der Waals surface area contributed by atoms with Crippen molar-refractivity contribution in [2.24, 2.45) is 0 Å². The third-order valence-corrected chi connectivity index (χ3v) is 1.82. The summed E-state index contributed by atoms with van der Waals surface area (Å²) < 4.78 is 49.5. The molecule has 1 aromatic rings. The second kappa shape index (κ2) is 4.00. The third-order valence-electron chi connectivity index (χ3n) is 1.82. The fourth-order valence-corrected chi connectivity index (χ4v) is 1.14. The Hall–Kier alpha value is -1.39. The van der Waals surface area contributed by atoms with Crippen molar-refractivity contribution in [3.8, 4) is 0 Å². The summed E-state index contributed by atoms with van der Waals surface area (Å²) in [4.78, 5) is 10.7. The van der Waals surface area contributed by atoms with Crippen LogP contribution in [-0.4, -0.2) is 5.78 Å². The van der Waals surface area contributed by atoms with E-state index in [1.807, 2.05) is 0 Å². The maximum atomic E-state index is 13.1. The topological polar surface area (TPSA) is 17.1 Å². The minimum atomic E-state index is -4.56. The van der Waals surface area contributed by atoms with Gasteiger partial charge >= 0.3 is 6.18 Å². The molecule has 0 saturated carbocycles. The van der Waals surface area contributed by atoms with Crippen molar-refractivity contribution in [3.63, 3.8) is 0 Å². The highest BCUT2D eigenvalue weighted by atomic mass is 19.4. The van der Waals surface area contributed by atoms with Gasteiger partial charge in [-0.3, -0.25) is 4.79 Å². The Morgan fingerprint density at radius 1 is 1.33 bits per heavy atom. The second-order valence-corrected chi connectivity index (χ2v) is 3.18. The van der Waals surface area contributed by atoms with Gasteiger partial charge in [0, 0.05) is 6.42 Å². The first kappa shape index (κ1) is 11.7. The lowest BCUT2D eigenvalue weighted by molar-refractivity contribution is -0.137. The van der Waals surface area contributed by atoms with E-state index < -0.39 is 17.6 Å². The molecule has 15 heavy (non-hydrogen) atoms. The highest BCUT2D eigenvalue weighted by molar-refractivity contribution is 5.78. The number of ketones is 1. The van der Waals surface area contributed by atoms with Crippen molar-refractivity contribution in [1.82, 2.24) is 0 Å². The van der Waals surface area contributed by atoms with E-state index in [-0.39, 0.29) is 17.8 Å². The average molecular weight is 220 g/mol. The molecule has 1 nitrogen and oxygen atoms in total. The van der Waals surface area contributed by atoms with Gasteiger partial charge in [0.1, 0.15) is 11.6 Å². The zero-order valence-electron chi connectivity index (χ0n) is 7.86. The fourth-order valence-electron chi connectivity index (χ4n) is 1.14. The zero-order valence-corrected chi connectivity index (χ0v) is 7.86. The van der Waals surface area contributed by atoms with Crippen molar-refractivity contribution in [3.05, 3.63) is 35.1 Å². The van der Waals surface area contributed by atoms with E-state index in [1.54, 1.807) is 0 Å². The molecule has 0 fully saturated rings. The van der Waals surface area contributed by atoms with Crippen LogP contribution in [0, 0.1) is 5.82 Å². The lowest BCUT2D eigenvalue weighted by Crippen LogP contribution is -2.07. The Morgan fingerprint density at radius 3 is 2.33 bits per heavy atom. The molecule has 0 radical (unpaired) electrons. The average Bonchev–Trinajstić information content (AvgIpc) is 2.05. The SMILES string of the molecule is CC(=O)Cc1ccc(C(F)(F)F)cc1F. The van der Waals surface area contributed by atoms with Gasteiger partial charge < -0.3 is 0 Å². The number of benzene rings is 1. The largest absolute Gasteiger partial charge is 0.416 e. The summed E-state index contributed by atoms with van der Waals surface area (Å²) in [5, 5.41) is 0. The van der Waals surface area contributed by atoms with Crippen molar-refractivity contribution in [2.75, 3.05) is 0 Å². The van der Waals surface area contributed by atoms with Crippen molar-refractivity contribution < 1.29 is 22.4 Å². The van der Waals surface area contributed by atoms with Crippen molar-refractivity contribution in [2.45, 2.75) is 19.5 Å². The summed E-state index contributed by atoms with van der Waals surface area (Å²) in [5.74, 6) is -1.30. The maximum absolute atomic E-state index is 13.1. The van der Waals surface area contributed by atoms with E-state index in [2.05, 4.69) is 0 Å². The summed E-state index contributed by atoms with van der Waals surface area (Å²) in [7, 11) is 0. The summed E-state index contributed by atoms with van der Waals surface area (Å²) in [6.07, 6.45) is -4.75. The molecule has 1 rings (SSSR count). The predicted octanol–water partition coefficient (Wildman–Crippen LogP) is 2.98. The van der Waals surface area contributed by atoms with Gasteiger partial charge in [0.05, 0.1) is 5.56 Å². The van der Waals surface area contributed by atoms with Gasteiger partial charge in [-0.2, -0.15) is 13.2 Å². The van der Waals surface area contributed by atoms with Gasteiger partial charge in [-0.25, -0.2) is 4.39 Å². The van der Waals surface area contributed by atoms with E-state index in [1.165, 1.54) is 6.92 Å². The molecule has 1 aromatic carbocycles. The standard InChI is InChI=1S/C10H8F4O/c1-6(15)4-7-2-3-8(5-9(7)11)10(12,13)14/h2-3,5H,4H2,1H3. The second-order valence-electron chi connectivity index (χ2n) is 3.18. The van der Waals surface area contributed by atoms with Crippen LogP contribution in [0.1, 0.15) is 18.1 Å². The Bertz CT molecular complexity index is 381. The van der Waals surface area contributed by atoms with Gasteiger partial charge in [0.2, 0.25) is 0 Å². The number of halogens is 4. The molecule has 0 bridgehead atoms. The van der Waals surface area contributed by atoms with E-state index in [4.69, 9.17) is 0 Å². The Morgan fingerprint density at radius 2 is 1.93 bits per heavy atom. The summed E-state index contributed by atoms with van der Waals surface area (Å²) >= 11 is 0. The molecule has 0 saturated heterocycles. The van der Waals surface area contributed by atoms with Crippen molar-refractivity contribution >= 4 is 5.78 Å². The quantitative estimate of drug-likeness (QED) is 0.700.